The molecule has 20 heavy (non-hydrogen) atoms. The first-order valence-electron chi connectivity index (χ1n) is 5.88. The summed E-state index contributed by atoms with van der Waals surface area (Å²) in [5.74, 6) is -0.0627. The molecule has 104 valence electrons. The molecule has 0 saturated carbocycles. The quantitative estimate of drug-likeness (QED) is 0.862. The minimum atomic E-state index is -0.0627. The molecular formula is C14H14BrN3OS. The van der Waals surface area contributed by atoms with Crippen LogP contribution < -0.4 is 5.73 Å². The number of benzene rings is 1. The number of rotatable bonds is 3. The molecule has 0 unspecified atom stereocenters. The Morgan fingerprint density at radius 3 is 2.70 bits per heavy atom. The Morgan fingerprint density at radius 1 is 1.35 bits per heavy atom. The fraction of sp³-hybridized carbons (Fsp3) is 0.143. The van der Waals surface area contributed by atoms with E-state index in [1.807, 2.05) is 18.2 Å². The molecule has 0 aliphatic carbocycles. The van der Waals surface area contributed by atoms with Gasteiger partial charge in [0, 0.05) is 36.4 Å². The van der Waals surface area contributed by atoms with Gasteiger partial charge in [-0.2, -0.15) is 0 Å². The van der Waals surface area contributed by atoms with Crippen molar-refractivity contribution in [3.63, 3.8) is 0 Å². The minimum absolute atomic E-state index is 0.0627. The number of nitrogens with two attached hydrogens (primary N) is 1. The van der Waals surface area contributed by atoms with Crippen LogP contribution in [-0.2, 0) is 0 Å². The fourth-order valence-electron chi connectivity index (χ4n) is 1.58. The average molecular weight is 352 g/mol. The summed E-state index contributed by atoms with van der Waals surface area (Å²) in [5, 5.41) is 0.839. The van der Waals surface area contributed by atoms with E-state index in [9.17, 15) is 4.79 Å². The molecule has 0 radical (unpaired) electrons. The second kappa shape index (κ2) is 6.28. The summed E-state index contributed by atoms with van der Waals surface area (Å²) in [6.45, 7) is 0. The van der Waals surface area contributed by atoms with Crippen LogP contribution in [0.1, 0.15) is 10.4 Å². The Morgan fingerprint density at radius 2 is 2.10 bits per heavy atom. The highest BCUT2D eigenvalue weighted by Gasteiger charge is 2.11. The van der Waals surface area contributed by atoms with Crippen molar-refractivity contribution >= 4 is 39.3 Å². The third-order valence-corrected chi connectivity index (χ3v) is 4.61. The van der Waals surface area contributed by atoms with Crippen molar-refractivity contribution in [2.45, 2.75) is 9.92 Å². The predicted molar refractivity (Wildman–Crippen MR) is 84.9 cm³/mol. The van der Waals surface area contributed by atoms with Crippen molar-refractivity contribution in [3.8, 4) is 0 Å². The van der Waals surface area contributed by atoms with Crippen molar-refractivity contribution in [3.05, 3.63) is 46.6 Å². The summed E-state index contributed by atoms with van der Waals surface area (Å²) >= 11 is 4.91. The molecule has 2 rings (SSSR count). The zero-order valence-corrected chi connectivity index (χ0v) is 13.5. The second-order valence-corrected chi connectivity index (χ2v) is 6.23. The van der Waals surface area contributed by atoms with Gasteiger partial charge in [-0.1, -0.05) is 11.8 Å². The van der Waals surface area contributed by atoms with Crippen LogP contribution in [0.4, 0.5) is 5.69 Å². The molecule has 1 amide bonds. The number of hydrogen-bond donors (Lipinski definition) is 1. The number of halogens is 1. The molecule has 0 fully saturated rings. The summed E-state index contributed by atoms with van der Waals surface area (Å²) in [6, 6.07) is 9.10. The molecule has 0 atom stereocenters. The van der Waals surface area contributed by atoms with Crippen LogP contribution in [0, 0.1) is 0 Å². The number of carbonyl (C=O) groups excluding carboxylic acids is 1. The molecular weight excluding hydrogens is 338 g/mol. The standard InChI is InChI=1S/C14H14BrN3OS/c1-18(2)14(19)9-5-6-12(11(16)8-9)20-13-10(15)4-3-7-17-13/h3-8H,16H2,1-2H3. The average Bonchev–Trinajstić information content (AvgIpc) is 2.42. The van der Waals surface area contributed by atoms with E-state index in [4.69, 9.17) is 5.73 Å². The van der Waals surface area contributed by atoms with Crippen LogP contribution in [0.25, 0.3) is 0 Å². The van der Waals surface area contributed by atoms with Crippen LogP contribution in [-0.4, -0.2) is 29.9 Å². The molecule has 1 aromatic carbocycles. The number of nitrogens with zero attached hydrogens (tertiary/aromatic N) is 2. The van der Waals surface area contributed by atoms with Gasteiger partial charge in [0.2, 0.25) is 0 Å². The minimum Gasteiger partial charge on any atom is -0.398 e. The third kappa shape index (κ3) is 3.32. The first kappa shape index (κ1) is 14.9. The van der Waals surface area contributed by atoms with Crippen LogP contribution >= 0.6 is 27.7 Å². The van der Waals surface area contributed by atoms with Gasteiger partial charge >= 0.3 is 0 Å². The Balaban J connectivity index is 2.27. The van der Waals surface area contributed by atoms with Gasteiger partial charge in [-0.3, -0.25) is 4.79 Å². The number of amides is 1. The number of hydrogen-bond acceptors (Lipinski definition) is 4. The summed E-state index contributed by atoms with van der Waals surface area (Å²) in [6.07, 6.45) is 1.73. The Kier molecular flexibility index (Phi) is 4.67. The molecule has 0 spiro atoms. The van der Waals surface area contributed by atoms with Crippen molar-refractivity contribution in [1.29, 1.82) is 0 Å². The summed E-state index contributed by atoms with van der Waals surface area (Å²) in [7, 11) is 3.43. The number of aromatic nitrogens is 1. The van der Waals surface area contributed by atoms with Gasteiger partial charge < -0.3 is 10.6 Å². The molecule has 1 heterocycles. The zero-order valence-electron chi connectivity index (χ0n) is 11.1. The number of nitrogen functional groups attached to an aromatic ring is 1. The number of pyridine rings is 1. The Labute approximate surface area is 130 Å². The monoisotopic (exact) mass is 351 g/mol. The Bertz CT molecular complexity index is 646. The maximum absolute atomic E-state index is 11.9. The van der Waals surface area contributed by atoms with Crippen LogP contribution in [0.3, 0.4) is 0 Å². The van der Waals surface area contributed by atoms with Crippen molar-refractivity contribution < 1.29 is 4.79 Å². The second-order valence-electron chi connectivity index (χ2n) is 4.34. The van der Waals surface area contributed by atoms with Crippen LogP contribution in [0.5, 0.6) is 0 Å². The topological polar surface area (TPSA) is 59.2 Å². The van der Waals surface area contributed by atoms with E-state index < -0.39 is 0 Å². The lowest BCUT2D eigenvalue weighted by molar-refractivity contribution is 0.0827. The SMILES string of the molecule is CN(C)C(=O)c1ccc(Sc2ncccc2Br)c(N)c1. The molecule has 2 aromatic rings. The molecule has 0 aliphatic rings. The highest BCUT2D eigenvalue weighted by atomic mass is 79.9. The number of anilines is 1. The third-order valence-electron chi connectivity index (χ3n) is 2.59. The lowest BCUT2D eigenvalue weighted by Gasteiger charge is -2.12. The number of carbonyl (C=O) groups is 1. The van der Waals surface area contributed by atoms with Gasteiger partial charge in [-0.25, -0.2) is 4.98 Å². The Hall–Kier alpha value is -1.53. The van der Waals surface area contributed by atoms with Gasteiger partial charge in [0.25, 0.3) is 5.91 Å². The van der Waals surface area contributed by atoms with E-state index >= 15 is 0 Å². The smallest absolute Gasteiger partial charge is 0.253 e. The van der Waals surface area contributed by atoms with Crippen molar-refractivity contribution in [1.82, 2.24) is 9.88 Å². The molecule has 6 heteroatoms. The van der Waals surface area contributed by atoms with Gasteiger partial charge in [0.1, 0.15) is 5.03 Å². The van der Waals surface area contributed by atoms with Crippen LogP contribution in [0.15, 0.2) is 50.9 Å². The summed E-state index contributed by atoms with van der Waals surface area (Å²) < 4.78 is 0.915. The van der Waals surface area contributed by atoms with E-state index in [2.05, 4.69) is 20.9 Å². The molecule has 4 nitrogen and oxygen atoms in total. The van der Waals surface area contributed by atoms with Crippen LogP contribution in [0.2, 0.25) is 0 Å². The van der Waals surface area contributed by atoms with E-state index in [0.29, 0.717) is 11.3 Å². The van der Waals surface area contributed by atoms with Crippen molar-refractivity contribution in [2.24, 2.45) is 0 Å². The van der Waals surface area contributed by atoms with E-state index in [0.717, 1.165) is 14.4 Å². The summed E-state index contributed by atoms with van der Waals surface area (Å²) in [5.41, 5.74) is 7.17. The van der Waals surface area contributed by atoms with Gasteiger partial charge in [-0.05, 0) is 46.3 Å². The molecule has 0 bridgehead atoms. The largest absolute Gasteiger partial charge is 0.398 e. The van der Waals surface area contributed by atoms with E-state index in [1.165, 1.54) is 16.7 Å². The van der Waals surface area contributed by atoms with Gasteiger partial charge in [-0.15, -0.1) is 0 Å². The maximum atomic E-state index is 11.9. The fourth-order valence-corrected chi connectivity index (χ4v) is 2.88. The van der Waals surface area contributed by atoms with Gasteiger partial charge in [0.05, 0.1) is 4.47 Å². The van der Waals surface area contributed by atoms with E-state index in [-0.39, 0.29) is 5.91 Å². The van der Waals surface area contributed by atoms with E-state index in [1.54, 1.807) is 32.4 Å². The van der Waals surface area contributed by atoms with Crippen molar-refractivity contribution in [2.75, 3.05) is 19.8 Å². The highest BCUT2D eigenvalue weighted by Crippen LogP contribution is 2.35. The molecule has 2 N–H and O–H groups in total. The lowest BCUT2D eigenvalue weighted by atomic mass is 10.2. The first-order valence-corrected chi connectivity index (χ1v) is 7.49. The normalized spacial score (nSPS) is 10.3. The zero-order chi connectivity index (χ0) is 14.7. The highest BCUT2D eigenvalue weighted by molar-refractivity contribution is 9.10. The summed E-state index contributed by atoms with van der Waals surface area (Å²) in [4.78, 5) is 18.5. The predicted octanol–water partition coefficient (Wildman–Crippen LogP) is 3.28. The molecule has 0 aliphatic heterocycles. The first-order chi connectivity index (χ1) is 9.49. The molecule has 1 aromatic heterocycles. The molecule has 0 saturated heterocycles. The van der Waals surface area contributed by atoms with Gasteiger partial charge in [0.15, 0.2) is 0 Å². The lowest BCUT2D eigenvalue weighted by Crippen LogP contribution is -2.21. The maximum Gasteiger partial charge on any atom is 0.253 e.